The lowest BCUT2D eigenvalue weighted by Gasteiger charge is -2.16. The molecule has 3 nitrogen and oxygen atoms in total. The summed E-state index contributed by atoms with van der Waals surface area (Å²) in [5, 5.41) is 0. The molecule has 0 bridgehead atoms. The second kappa shape index (κ2) is 5.33. The lowest BCUT2D eigenvalue weighted by atomic mass is 10.00. The Morgan fingerprint density at radius 1 is 1.22 bits per heavy atom. The van der Waals surface area contributed by atoms with Crippen molar-refractivity contribution in [2.75, 3.05) is 6.67 Å². The summed E-state index contributed by atoms with van der Waals surface area (Å²) in [4.78, 5) is 8.13. The topological polar surface area (TPSA) is 30.7 Å². The van der Waals surface area contributed by atoms with Gasteiger partial charge in [0.2, 0.25) is 0 Å². The molecule has 0 amide bonds. The Bertz CT molecular complexity index is 886. The maximum absolute atomic E-state index is 14.1. The van der Waals surface area contributed by atoms with Crippen LogP contribution in [-0.4, -0.2) is 21.2 Å². The van der Waals surface area contributed by atoms with Crippen LogP contribution in [0.1, 0.15) is 12.5 Å². The Balaban J connectivity index is 2.20. The van der Waals surface area contributed by atoms with Gasteiger partial charge in [-0.2, -0.15) is 0 Å². The van der Waals surface area contributed by atoms with Gasteiger partial charge in [-0.3, -0.25) is 4.98 Å². The predicted molar refractivity (Wildman–Crippen MR) is 78.3 cm³/mol. The molecule has 0 N–H and O–H groups in total. The molecular formula is C16H13F4N3. The van der Waals surface area contributed by atoms with Crippen LogP contribution in [0.2, 0.25) is 0 Å². The lowest BCUT2D eigenvalue weighted by Crippen LogP contribution is -2.18. The molecule has 1 aromatic carbocycles. The molecule has 3 aromatic rings. The number of fused-ring (bicyclic) bond motifs is 1. The molecule has 0 radical (unpaired) electrons. The van der Waals surface area contributed by atoms with Gasteiger partial charge in [-0.05, 0) is 25.1 Å². The summed E-state index contributed by atoms with van der Waals surface area (Å²) in [6.07, 6.45) is 2.64. The van der Waals surface area contributed by atoms with Crippen LogP contribution in [0.5, 0.6) is 0 Å². The van der Waals surface area contributed by atoms with Crippen molar-refractivity contribution < 1.29 is 17.6 Å². The highest BCUT2D eigenvalue weighted by atomic mass is 19.2. The highest BCUT2D eigenvalue weighted by Crippen LogP contribution is 2.30. The molecule has 2 heterocycles. The molecule has 0 fully saturated rings. The minimum absolute atomic E-state index is 0.00101. The maximum Gasteiger partial charge on any atom is 0.184 e. The first-order chi connectivity index (χ1) is 10.8. The van der Waals surface area contributed by atoms with Gasteiger partial charge in [0, 0.05) is 30.6 Å². The third-order valence-electron chi connectivity index (χ3n) is 3.78. The van der Waals surface area contributed by atoms with E-state index in [1.807, 2.05) is 0 Å². The first-order valence-corrected chi connectivity index (χ1v) is 6.86. The van der Waals surface area contributed by atoms with Crippen molar-refractivity contribution in [1.82, 2.24) is 14.5 Å². The van der Waals surface area contributed by atoms with E-state index in [0.717, 1.165) is 13.0 Å². The van der Waals surface area contributed by atoms with Gasteiger partial charge in [0.05, 0.1) is 5.52 Å². The maximum atomic E-state index is 14.1. The normalized spacial score (nSPS) is 14.2. The van der Waals surface area contributed by atoms with E-state index in [-0.39, 0.29) is 22.4 Å². The van der Waals surface area contributed by atoms with Gasteiger partial charge >= 0.3 is 0 Å². The molecule has 0 saturated carbocycles. The van der Waals surface area contributed by atoms with Gasteiger partial charge in [-0.1, -0.05) is 0 Å². The second-order valence-electron chi connectivity index (χ2n) is 5.52. The fraction of sp³-hybridized carbons (Fsp3) is 0.250. The number of aryl methyl sites for hydroxylation is 1. The van der Waals surface area contributed by atoms with Crippen molar-refractivity contribution in [3.05, 3.63) is 47.8 Å². The van der Waals surface area contributed by atoms with Crippen molar-refractivity contribution in [1.29, 1.82) is 0 Å². The van der Waals surface area contributed by atoms with Crippen molar-refractivity contribution in [2.24, 2.45) is 7.05 Å². The van der Waals surface area contributed by atoms with E-state index in [1.165, 1.54) is 36.1 Å². The fourth-order valence-electron chi connectivity index (χ4n) is 2.42. The van der Waals surface area contributed by atoms with Crippen molar-refractivity contribution >= 4 is 11.0 Å². The molecule has 0 aliphatic carbocycles. The molecular weight excluding hydrogens is 310 g/mol. The number of halogens is 4. The number of rotatable bonds is 3. The number of aromatic nitrogens is 3. The largest absolute Gasteiger partial charge is 0.325 e. The third kappa shape index (κ3) is 2.46. The van der Waals surface area contributed by atoms with Crippen molar-refractivity contribution in [2.45, 2.75) is 12.6 Å². The number of benzene rings is 1. The number of hydrogen-bond acceptors (Lipinski definition) is 2. The minimum atomic E-state index is -2.18. The van der Waals surface area contributed by atoms with Gasteiger partial charge in [-0.15, -0.1) is 0 Å². The van der Waals surface area contributed by atoms with Crippen LogP contribution < -0.4 is 0 Å². The second-order valence-corrected chi connectivity index (χ2v) is 5.52. The number of pyridine rings is 1. The van der Waals surface area contributed by atoms with Crippen LogP contribution in [0.15, 0.2) is 30.6 Å². The Hall–Kier alpha value is -2.44. The Morgan fingerprint density at radius 3 is 2.65 bits per heavy atom. The molecule has 0 aliphatic heterocycles. The molecule has 1 atom stereocenters. The lowest BCUT2D eigenvalue weighted by molar-refractivity contribution is 0.142. The number of nitrogens with zero attached hydrogens (tertiary/aromatic N) is 3. The zero-order chi connectivity index (χ0) is 16.8. The molecule has 23 heavy (non-hydrogen) atoms. The highest BCUT2D eigenvalue weighted by Gasteiger charge is 2.27. The highest BCUT2D eigenvalue weighted by molar-refractivity contribution is 5.81. The van der Waals surface area contributed by atoms with Crippen LogP contribution >= 0.6 is 0 Å². The van der Waals surface area contributed by atoms with E-state index in [0.29, 0.717) is 5.56 Å². The summed E-state index contributed by atoms with van der Waals surface area (Å²) in [5.74, 6) is -1.70. The average Bonchev–Trinajstić information content (AvgIpc) is 2.88. The zero-order valence-corrected chi connectivity index (χ0v) is 12.4. The van der Waals surface area contributed by atoms with Gasteiger partial charge in [0.1, 0.15) is 18.0 Å². The van der Waals surface area contributed by atoms with Crippen LogP contribution in [-0.2, 0) is 12.7 Å². The molecule has 7 heteroatoms. The molecule has 3 rings (SSSR count). The van der Waals surface area contributed by atoms with Crippen LogP contribution in [0.3, 0.4) is 0 Å². The van der Waals surface area contributed by atoms with E-state index in [1.54, 1.807) is 0 Å². The summed E-state index contributed by atoms with van der Waals surface area (Å²) in [5.41, 5.74) is -1.47. The summed E-state index contributed by atoms with van der Waals surface area (Å²) in [6.45, 7) is -0.0850. The first-order valence-electron chi connectivity index (χ1n) is 6.86. The van der Waals surface area contributed by atoms with Crippen molar-refractivity contribution in [3.63, 3.8) is 0 Å². The van der Waals surface area contributed by atoms with Crippen LogP contribution in [0.25, 0.3) is 22.4 Å². The minimum Gasteiger partial charge on any atom is -0.325 e. The average molecular weight is 323 g/mol. The van der Waals surface area contributed by atoms with Gasteiger partial charge in [0.15, 0.2) is 17.3 Å². The van der Waals surface area contributed by atoms with E-state index in [2.05, 4.69) is 9.97 Å². The van der Waals surface area contributed by atoms with E-state index >= 15 is 0 Å². The van der Waals surface area contributed by atoms with Crippen LogP contribution in [0.4, 0.5) is 17.6 Å². The molecule has 120 valence electrons. The zero-order valence-electron chi connectivity index (χ0n) is 12.4. The number of hydrogen-bond donors (Lipinski definition) is 0. The smallest absolute Gasteiger partial charge is 0.184 e. The van der Waals surface area contributed by atoms with E-state index < -0.39 is 24.0 Å². The first kappa shape index (κ1) is 15.5. The van der Waals surface area contributed by atoms with Gasteiger partial charge in [-0.25, -0.2) is 22.5 Å². The standard InChI is InChI=1S/C16H13F4N3/c1-16(20,8-17)10-5-9(6-21-7-10)15-22-12-4-3-11(18)13(19)14(12)23(15)2/h3-7H,8H2,1-2H3. The monoisotopic (exact) mass is 323 g/mol. The molecule has 1 unspecified atom stereocenters. The molecule has 2 aromatic heterocycles. The van der Waals surface area contributed by atoms with Crippen LogP contribution in [0, 0.1) is 11.6 Å². The number of alkyl halides is 2. The Kier molecular flexibility index (Phi) is 3.58. The summed E-state index contributed by atoms with van der Waals surface area (Å²) in [7, 11) is 1.52. The van der Waals surface area contributed by atoms with Crippen molar-refractivity contribution in [3.8, 4) is 11.4 Å². The fourth-order valence-corrected chi connectivity index (χ4v) is 2.42. The third-order valence-corrected chi connectivity index (χ3v) is 3.78. The summed E-state index contributed by atoms with van der Waals surface area (Å²) < 4.78 is 55.6. The molecule has 0 aliphatic rings. The number of imidazole rings is 1. The summed E-state index contributed by atoms with van der Waals surface area (Å²) in [6, 6.07) is 3.75. The van der Waals surface area contributed by atoms with Gasteiger partial charge < -0.3 is 4.57 Å². The predicted octanol–water partition coefficient (Wildman–Crippen LogP) is 4.07. The summed E-state index contributed by atoms with van der Waals surface area (Å²) >= 11 is 0. The SMILES string of the molecule is Cn1c(-c2cncc(C(C)(F)CF)c2)nc2ccc(F)c(F)c21. The molecule has 0 spiro atoms. The van der Waals surface area contributed by atoms with E-state index in [4.69, 9.17) is 0 Å². The van der Waals surface area contributed by atoms with Gasteiger partial charge in [0.25, 0.3) is 0 Å². The quantitative estimate of drug-likeness (QED) is 0.680. The van der Waals surface area contributed by atoms with E-state index in [9.17, 15) is 17.6 Å². The Morgan fingerprint density at radius 2 is 1.96 bits per heavy atom. The Labute approximate surface area is 129 Å². The molecule has 0 saturated heterocycles.